The SMILES string of the molecule is NC(=O)c1cc2cc(C3CCCN(CC(F)(F)F)C3)ccc2n1-c1cccc(F)c1. The lowest BCUT2D eigenvalue weighted by Crippen LogP contribution is -2.40. The normalized spacial score (nSPS) is 18.1. The largest absolute Gasteiger partial charge is 0.401 e. The summed E-state index contributed by atoms with van der Waals surface area (Å²) >= 11 is 0. The van der Waals surface area contributed by atoms with E-state index in [0.717, 1.165) is 17.4 Å². The fourth-order valence-corrected chi connectivity index (χ4v) is 4.29. The van der Waals surface area contributed by atoms with Crippen LogP contribution >= 0.6 is 0 Å². The molecule has 2 aromatic carbocycles. The molecule has 1 aromatic heterocycles. The third-order valence-corrected chi connectivity index (χ3v) is 5.52. The summed E-state index contributed by atoms with van der Waals surface area (Å²) in [5.41, 5.74) is 7.84. The van der Waals surface area contributed by atoms with Crippen LogP contribution in [0.4, 0.5) is 17.6 Å². The first-order valence-electron chi connectivity index (χ1n) is 9.71. The van der Waals surface area contributed by atoms with Crippen molar-refractivity contribution in [2.24, 2.45) is 5.73 Å². The van der Waals surface area contributed by atoms with Gasteiger partial charge in [-0.1, -0.05) is 12.1 Å². The molecule has 2 N–H and O–H groups in total. The molecule has 0 aliphatic carbocycles. The number of nitrogens with zero attached hydrogens (tertiary/aromatic N) is 2. The second-order valence-corrected chi connectivity index (χ2v) is 7.72. The topological polar surface area (TPSA) is 51.3 Å². The number of alkyl halides is 3. The standard InChI is InChI=1S/C22H21F4N3O/c23-17-4-1-5-18(11-17)29-19-7-6-14(9-16(19)10-20(29)21(27)30)15-3-2-8-28(12-15)13-22(24,25)26/h1,4-7,9-11,15H,2-3,8,12-13H2,(H2,27,30). The molecule has 2 heterocycles. The van der Waals surface area contributed by atoms with E-state index in [4.69, 9.17) is 5.73 Å². The molecule has 1 fully saturated rings. The van der Waals surface area contributed by atoms with E-state index in [1.54, 1.807) is 22.8 Å². The van der Waals surface area contributed by atoms with E-state index in [1.165, 1.54) is 17.0 Å². The van der Waals surface area contributed by atoms with Crippen LogP contribution in [0.25, 0.3) is 16.6 Å². The van der Waals surface area contributed by atoms with Crippen LogP contribution in [0, 0.1) is 5.82 Å². The van der Waals surface area contributed by atoms with Gasteiger partial charge in [0.25, 0.3) is 5.91 Å². The van der Waals surface area contributed by atoms with Gasteiger partial charge in [-0.3, -0.25) is 9.69 Å². The predicted octanol–water partition coefficient (Wildman–Crippen LogP) is 4.61. The average molecular weight is 419 g/mol. The van der Waals surface area contributed by atoms with Gasteiger partial charge < -0.3 is 10.3 Å². The number of hydrogen-bond donors (Lipinski definition) is 1. The molecule has 1 atom stereocenters. The number of nitrogens with two attached hydrogens (primary N) is 1. The van der Waals surface area contributed by atoms with Crippen LogP contribution in [0.2, 0.25) is 0 Å². The number of hydrogen-bond acceptors (Lipinski definition) is 2. The highest BCUT2D eigenvalue weighted by atomic mass is 19.4. The summed E-state index contributed by atoms with van der Waals surface area (Å²) < 4.78 is 53.7. The Balaban J connectivity index is 1.71. The fraction of sp³-hybridized carbons (Fsp3) is 0.318. The highest BCUT2D eigenvalue weighted by Gasteiger charge is 2.33. The van der Waals surface area contributed by atoms with Crippen molar-refractivity contribution in [3.63, 3.8) is 0 Å². The second-order valence-electron chi connectivity index (χ2n) is 7.72. The van der Waals surface area contributed by atoms with E-state index in [2.05, 4.69) is 0 Å². The van der Waals surface area contributed by atoms with Crippen LogP contribution in [-0.2, 0) is 0 Å². The molecule has 0 radical (unpaired) electrons. The van der Waals surface area contributed by atoms with Gasteiger partial charge in [-0.05, 0) is 67.3 Å². The second kappa shape index (κ2) is 7.75. The third-order valence-electron chi connectivity index (χ3n) is 5.52. The van der Waals surface area contributed by atoms with Crippen molar-refractivity contribution >= 4 is 16.8 Å². The number of carbonyl (C=O) groups excluding carboxylic acids is 1. The number of halogens is 4. The Morgan fingerprint density at radius 2 is 1.93 bits per heavy atom. The summed E-state index contributed by atoms with van der Waals surface area (Å²) in [5, 5.41) is 0.735. The highest BCUT2D eigenvalue weighted by molar-refractivity contribution is 5.99. The summed E-state index contributed by atoms with van der Waals surface area (Å²) in [5.74, 6) is -1.11. The van der Waals surface area contributed by atoms with Gasteiger partial charge >= 0.3 is 6.18 Å². The molecule has 8 heteroatoms. The predicted molar refractivity (Wildman–Crippen MR) is 106 cm³/mol. The fourth-order valence-electron chi connectivity index (χ4n) is 4.29. The molecule has 1 aliphatic rings. The Morgan fingerprint density at radius 1 is 1.13 bits per heavy atom. The van der Waals surface area contributed by atoms with Crippen molar-refractivity contribution in [1.29, 1.82) is 0 Å². The zero-order valence-corrected chi connectivity index (χ0v) is 16.1. The van der Waals surface area contributed by atoms with Crippen molar-refractivity contribution in [2.45, 2.75) is 24.9 Å². The molecule has 0 spiro atoms. The zero-order valence-electron chi connectivity index (χ0n) is 16.1. The molecule has 4 rings (SSSR count). The van der Waals surface area contributed by atoms with Crippen LogP contribution in [-0.4, -0.2) is 41.2 Å². The first-order valence-corrected chi connectivity index (χ1v) is 9.71. The number of primary amides is 1. The Bertz CT molecular complexity index is 1090. The smallest absolute Gasteiger partial charge is 0.364 e. The quantitative estimate of drug-likeness (QED) is 0.628. The maximum atomic E-state index is 13.7. The van der Waals surface area contributed by atoms with Gasteiger partial charge in [-0.2, -0.15) is 13.2 Å². The molecule has 1 aliphatic heterocycles. The van der Waals surface area contributed by atoms with Crippen LogP contribution < -0.4 is 5.73 Å². The molecular weight excluding hydrogens is 398 g/mol. The van der Waals surface area contributed by atoms with Gasteiger partial charge in [0, 0.05) is 17.6 Å². The maximum absolute atomic E-state index is 13.7. The van der Waals surface area contributed by atoms with Crippen molar-refractivity contribution in [3.8, 4) is 5.69 Å². The third kappa shape index (κ3) is 4.18. The average Bonchev–Trinajstić information content (AvgIpc) is 3.06. The number of fused-ring (bicyclic) bond motifs is 1. The number of aromatic nitrogens is 1. The van der Waals surface area contributed by atoms with E-state index < -0.39 is 24.4 Å². The molecule has 0 saturated carbocycles. The molecule has 30 heavy (non-hydrogen) atoms. The summed E-state index contributed by atoms with van der Waals surface area (Å²) in [6, 6.07) is 13.1. The Hall–Kier alpha value is -2.87. The first kappa shape index (κ1) is 20.4. The van der Waals surface area contributed by atoms with Gasteiger partial charge in [0.15, 0.2) is 0 Å². The summed E-state index contributed by atoms with van der Waals surface area (Å²) in [4.78, 5) is 13.4. The molecule has 1 unspecified atom stereocenters. The van der Waals surface area contributed by atoms with E-state index >= 15 is 0 Å². The van der Waals surface area contributed by atoms with Crippen LogP contribution in [0.3, 0.4) is 0 Å². The lowest BCUT2D eigenvalue weighted by molar-refractivity contribution is -0.148. The number of likely N-dealkylation sites (tertiary alicyclic amines) is 1. The number of piperidine rings is 1. The molecule has 4 nitrogen and oxygen atoms in total. The minimum absolute atomic E-state index is 0.0277. The van der Waals surface area contributed by atoms with Gasteiger partial charge in [0.1, 0.15) is 11.5 Å². The van der Waals surface area contributed by atoms with Crippen molar-refractivity contribution in [3.05, 3.63) is 65.6 Å². The van der Waals surface area contributed by atoms with Crippen molar-refractivity contribution < 1.29 is 22.4 Å². The lowest BCUT2D eigenvalue weighted by Gasteiger charge is -2.33. The monoisotopic (exact) mass is 419 g/mol. The molecule has 1 amide bonds. The minimum Gasteiger partial charge on any atom is -0.364 e. The summed E-state index contributed by atoms with van der Waals surface area (Å²) in [6.07, 6.45) is -2.73. The Labute approximate surface area is 170 Å². The van der Waals surface area contributed by atoms with Gasteiger partial charge in [-0.15, -0.1) is 0 Å². The van der Waals surface area contributed by atoms with Gasteiger partial charge in [0.2, 0.25) is 0 Å². The minimum atomic E-state index is -4.22. The number of amides is 1. The summed E-state index contributed by atoms with van der Waals surface area (Å²) in [6.45, 7) is -0.147. The first-order chi connectivity index (χ1) is 14.2. The lowest BCUT2D eigenvalue weighted by atomic mass is 9.90. The summed E-state index contributed by atoms with van der Waals surface area (Å²) in [7, 11) is 0. The molecule has 0 bridgehead atoms. The zero-order chi connectivity index (χ0) is 21.5. The van der Waals surface area contributed by atoms with Crippen molar-refractivity contribution in [2.75, 3.05) is 19.6 Å². The maximum Gasteiger partial charge on any atom is 0.401 e. The van der Waals surface area contributed by atoms with E-state index in [-0.39, 0.29) is 11.6 Å². The van der Waals surface area contributed by atoms with Crippen LogP contribution in [0.15, 0.2) is 48.5 Å². The van der Waals surface area contributed by atoms with Gasteiger partial charge in [0.05, 0.1) is 12.1 Å². The van der Waals surface area contributed by atoms with Gasteiger partial charge in [-0.25, -0.2) is 4.39 Å². The number of carbonyl (C=O) groups is 1. The van der Waals surface area contributed by atoms with Crippen LogP contribution in [0.1, 0.15) is 34.8 Å². The molecule has 3 aromatic rings. The number of rotatable bonds is 4. The van der Waals surface area contributed by atoms with E-state index in [1.807, 2.05) is 18.2 Å². The Morgan fingerprint density at radius 3 is 2.63 bits per heavy atom. The highest BCUT2D eigenvalue weighted by Crippen LogP contribution is 2.33. The van der Waals surface area contributed by atoms with Crippen LogP contribution in [0.5, 0.6) is 0 Å². The van der Waals surface area contributed by atoms with E-state index in [0.29, 0.717) is 30.7 Å². The van der Waals surface area contributed by atoms with Crippen molar-refractivity contribution in [1.82, 2.24) is 9.47 Å². The molecule has 158 valence electrons. The molecular formula is C22H21F4N3O. The number of benzene rings is 2. The van der Waals surface area contributed by atoms with E-state index in [9.17, 15) is 22.4 Å². The Kier molecular flexibility index (Phi) is 5.27. The molecule has 1 saturated heterocycles.